The summed E-state index contributed by atoms with van der Waals surface area (Å²) in [5.74, 6) is 0.821. The minimum Gasteiger partial charge on any atom is -0.494 e. The molecular formula is C14H19N3O2S. The largest absolute Gasteiger partial charge is 0.494 e. The first kappa shape index (κ1) is 14.6. The van der Waals surface area contributed by atoms with E-state index in [1.807, 2.05) is 31.2 Å². The number of hydrogen-bond donors (Lipinski definition) is 4. The number of rotatable bonds is 7. The van der Waals surface area contributed by atoms with Gasteiger partial charge in [-0.15, -0.1) is 0 Å². The molecule has 0 aliphatic carbocycles. The maximum atomic E-state index is 9.98. The number of anilines is 1. The molecule has 0 fully saturated rings. The maximum Gasteiger partial charge on any atom is 0.174 e. The van der Waals surface area contributed by atoms with Crippen LogP contribution in [0, 0.1) is 4.77 Å². The number of aromatic nitrogens is 2. The van der Waals surface area contributed by atoms with Gasteiger partial charge in [-0.1, -0.05) is 6.07 Å². The zero-order valence-corrected chi connectivity index (χ0v) is 12.2. The average molecular weight is 293 g/mol. The fourth-order valence-electron chi connectivity index (χ4n) is 1.90. The van der Waals surface area contributed by atoms with Crippen molar-refractivity contribution >= 4 is 17.9 Å². The van der Waals surface area contributed by atoms with Crippen LogP contribution in [-0.2, 0) is 6.42 Å². The zero-order valence-electron chi connectivity index (χ0n) is 11.3. The van der Waals surface area contributed by atoms with Crippen molar-refractivity contribution in [1.82, 2.24) is 9.97 Å². The number of hydrogen-bond acceptors (Lipinski definition) is 4. The predicted octanol–water partition coefficient (Wildman–Crippen LogP) is 2.49. The first-order valence-corrected chi connectivity index (χ1v) is 6.99. The number of aliphatic hydroxyl groups excluding tert-OH is 1. The van der Waals surface area contributed by atoms with Crippen molar-refractivity contribution in [2.24, 2.45) is 0 Å². The summed E-state index contributed by atoms with van der Waals surface area (Å²) in [6.07, 6.45) is 1.80. The Morgan fingerprint density at radius 2 is 2.30 bits per heavy atom. The molecule has 1 heterocycles. The normalized spacial score (nSPS) is 12.1. The van der Waals surface area contributed by atoms with Gasteiger partial charge in [0.25, 0.3) is 0 Å². The van der Waals surface area contributed by atoms with Crippen LogP contribution in [0.1, 0.15) is 12.6 Å². The molecule has 1 aromatic heterocycles. The lowest BCUT2D eigenvalue weighted by molar-refractivity contribution is 0.187. The topological polar surface area (TPSA) is 73.1 Å². The van der Waals surface area contributed by atoms with E-state index >= 15 is 0 Å². The summed E-state index contributed by atoms with van der Waals surface area (Å²) in [6.45, 7) is 3.05. The number of benzene rings is 1. The molecule has 0 bridgehead atoms. The van der Waals surface area contributed by atoms with Crippen LogP contribution in [0.15, 0.2) is 30.5 Å². The van der Waals surface area contributed by atoms with Crippen LogP contribution in [0.4, 0.5) is 5.69 Å². The fourth-order valence-corrected chi connectivity index (χ4v) is 2.09. The molecule has 0 radical (unpaired) electrons. The van der Waals surface area contributed by atoms with Crippen molar-refractivity contribution in [2.45, 2.75) is 19.4 Å². The number of nitrogens with one attached hydrogen (secondary N) is 3. The van der Waals surface area contributed by atoms with Gasteiger partial charge in [0.05, 0.1) is 12.7 Å². The molecule has 0 aliphatic rings. The van der Waals surface area contributed by atoms with Crippen LogP contribution in [-0.4, -0.2) is 34.3 Å². The quantitative estimate of drug-likeness (QED) is 0.592. The molecule has 0 spiro atoms. The smallest absolute Gasteiger partial charge is 0.174 e. The second-order valence-electron chi connectivity index (χ2n) is 4.47. The van der Waals surface area contributed by atoms with Gasteiger partial charge in [0.15, 0.2) is 4.77 Å². The third-order valence-corrected chi connectivity index (χ3v) is 3.01. The molecule has 2 rings (SSSR count). The van der Waals surface area contributed by atoms with Crippen molar-refractivity contribution in [3.8, 4) is 5.75 Å². The molecule has 0 saturated carbocycles. The van der Waals surface area contributed by atoms with Gasteiger partial charge in [0.2, 0.25) is 0 Å². The molecule has 108 valence electrons. The van der Waals surface area contributed by atoms with Gasteiger partial charge in [-0.3, -0.25) is 0 Å². The highest BCUT2D eigenvalue weighted by molar-refractivity contribution is 7.71. The Balaban J connectivity index is 1.84. The average Bonchev–Trinajstić information content (AvgIpc) is 2.83. The van der Waals surface area contributed by atoms with Crippen molar-refractivity contribution < 1.29 is 9.84 Å². The molecule has 5 nitrogen and oxygen atoms in total. The van der Waals surface area contributed by atoms with Crippen molar-refractivity contribution in [3.63, 3.8) is 0 Å². The highest BCUT2D eigenvalue weighted by Gasteiger charge is 2.07. The third-order valence-electron chi connectivity index (χ3n) is 2.79. The molecule has 0 saturated heterocycles. The molecule has 1 atom stereocenters. The van der Waals surface area contributed by atoms with Gasteiger partial charge >= 0.3 is 0 Å². The van der Waals surface area contributed by atoms with E-state index in [0.29, 0.717) is 24.3 Å². The molecule has 6 heteroatoms. The van der Waals surface area contributed by atoms with Gasteiger partial charge in [-0.2, -0.15) is 0 Å². The number of aromatic amines is 2. The molecular weight excluding hydrogens is 274 g/mol. The Labute approximate surface area is 123 Å². The van der Waals surface area contributed by atoms with Crippen molar-refractivity contribution in [2.75, 3.05) is 18.5 Å². The second-order valence-corrected chi connectivity index (χ2v) is 4.88. The Kier molecular flexibility index (Phi) is 5.20. The predicted molar refractivity (Wildman–Crippen MR) is 81.8 cm³/mol. The molecule has 4 N–H and O–H groups in total. The van der Waals surface area contributed by atoms with Gasteiger partial charge in [-0.25, -0.2) is 0 Å². The fraction of sp³-hybridized carbons (Fsp3) is 0.357. The first-order valence-electron chi connectivity index (χ1n) is 6.58. The number of ether oxygens (including phenoxy) is 1. The Hall–Kier alpha value is -1.79. The Morgan fingerprint density at radius 1 is 1.45 bits per heavy atom. The van der Waals surface area contributed by atoms with Crippen molar-refractivity contribution in [1.29, 1.82) is 0 Å². The van der Waals surface area contributed by atoms with Crippen LogP contribution in [0.25, 0.3) is 0 Å². The van der Waals surface area contributed by atoms with Crippen LogP contribution in [0.2, 0.25) is 0 Å². The number of H-pyrrole nitrogens is 2. The summed E-state index contributed by atoms with van der Waals surface area (Å²) < 4.78 is 6.00. The monoisotopic (exact) mass is 293 g/mol. The molecule has 0 aliphatic heterocycles. The molecule has 2 aromatic rings. The van der Waals surface area contributed by atoms with Crippen LogP contribution in [0.5, 0.6) is 5.75 Å². The number of aliphatic hydroxyl groups is 1. The molecule has 1 unspecified atom stereocenters. The Morgan fingerprint density at radius 3 is 3.00 bits per heavy atom. The summed E-state index contributed by atoms with van der Waals surface area (Å²) in [5, 5.41) is 13.2. The standard InChI is InChI=1S/C14H19N3O2S/c1-2-19-13-5-3-4-10(7-13)15-9-12(18)6-11-8-16-14(20)17-11/h3-5,7-8,12,15,18H,2,6,9H2,1H3,(H2,16,17,20). The lowest BCUT2D eigenvalue weighted by Crippen LogP contribution is -2.22. The lowest BCUT2D eigenvalue weighted by atomic mass is 10.2. The highest BCUT2D eigenvalue weighted by atomic mass is 32.1. The summed E-state index contributed by atoms with van der Waals surface area (Å²) in [4.78, 5) is 5.86. The van der Waals surface area contributed by atoms with Crippen LogP contribution < -0.4 is 10.1 Å². The van der Waals surface area contributed by atoms with Crippen LogP contribution >= 0.6 is 12.2 Å². The van der Waals surface area contributed by atoms with E-state index in [1.165, 1.54) is 0 Å². The minimum absolute atomic E-state index is 0.460. The van der Waals surface area contributed by atoms with Crippen molar-refractivity contribution in [3.05, 3.63) is 40.9 Å². The summed E-state index contributed by atoms with van der Waals surface area (Å²) in [5.41, 5.74) is 1.82. The second kappa shape index (κ2) is 7.12. The SMILES string of the molecule is CCOc1cccc(NCC(O)Cc2c[nH]c(=S)[nH]2)c1. The first-order chi connectivity index (χ1) is 9.67. The summed E-state index contributed by atoms with van der Waals surface area (Å²) in [7, 11) is 0. The Bertz CT molecular complexity index is 594. The van der Waals surface area contributed by atoms with Gasteiger partial charge in [0, 0.05) is 36.6 Å². The molecule has 20 heavy (non-hydrogen) atoms. The summed E-state index contributed by atoms with van der Waals surface area (Å²) in [6, 6.07) is 7.69. The van der Waals surface area contributed by atoms with Crippen LogP contribution in [0.3, 0.4) is 0 Å². The van der Waals surface area contributed by atoms with E-state index in [2.05, 4.69) is 15.3 Å². The van der Waals surface area contributed by atoms with E-state index in [4.69, 9.17) is 17.0 Å². The van der Waals surface area contributed by atoms with Gasteiger partial charge in [-0.05, 0) is 31.3 Å². The number of imidazole rings is 1. The van der Waals surface area contributed by atoms with Gasteiger partial charge in [0.1, 0.15) is 5.75 Å². The highest BCUT2D eigenvalue weighted by Crippen LogP contribution is 2.17. The van der Waals surface area contributed by atoms with E-state index in [1.54, 1.807) is 6.20 Å². The third kappa shape index (κ3) is 4.40. The maximum absolute atomic E-state index is 9.98. The molecule has 0 amide bonds. The van der Waals surface area contributed by atoms with E-state index in [9.17, 15) is 5.11 Å². The van der Waals surface area contributed by atoms with E-state index < -0.39 is 6.10 Å². The molecule has 1 aromatic carbocycles. The summed E-state index contributed by atoms with van der Waals surface area (Å²) >= 11 is 4.94. The van der Waals surface area contributed by atoms with E-state index in [0.717, 1.165) is 17.1 Å². The van der Waals surface area contributed by atoms with Gasteiger partial charge < -0.3 is 25.1 Å². The minimum atomic E-state index is -0.493. The lowest BCUT2D eigenvalue weighted by Gasteiger charge is -2.13. The zero-order chi connectivity index (χ0) is 14.4. The van der Waals surface area contributed by atoms with E-state index in [-0.39, 0.29) is 0 Å².